The number of rotatable bonds is 4. The van der Waals surface area contributed by atoms with E-state index >= 15 is 0 Å². The van der Waals surface area contributed by atoms with Crippen molar-refractivity contribution in [3.8, 4) is 6.07 Å². The Balaban J connectivity index is 1.26. The highest BCUT2D eigenvalue weighted by atomic mass is 15.6. The molecule has 5 fully saturated rings. The van der Waals surface area contributed by atoms with Gasteiger partial charge in [-0.1, -0.05) is 0 Å². The molecule has 0 amide bonds. The molecule has 6 nitrogen and oxygen atoms in total. The maximum atomic E-state index is 9.63. The number of hydrogen-bond acceptors (Lipinski definition) is 6. The number of hydrogen-bond donors (Lipinski definition) is 3. The number of nitrogens with zero attached hydrogens (tertiary/aromatic N) is 3. The summed E-state index contributed by atoms with van der Waals surface area (Å²) in [6.45, 7) is 6.64. The van der Waals surface area contributed by atoms with Crippen LogP contribution in [0.4, 0.5) is 0 Å². The summed E-state index contributed by atoms with van der Waals surface area (Å²) in [6, 6.07) is 4.55. The topological polar surface area (TPSA) is 66.4 Å². The number of nitrogens with one attached hydrogen (secondary N) is 3. The van der Waals surface area contributed by atoms with E-state index in [1.807, 2.05) is 0 Å². The molecule has 0 aromatic heterocycles. The summed E-state index contributed by atoms with van der Waals surface area (Å²) in [7, 11) is 6.70. The first-order chi connectivity index (χ1) is 16.3. The van der Waals surface area contributed by atoms with Crippen LogP contribution >= 0.6 is 0 Å². The van der Waals surface area contributed by atoms with Crippen LogP contribution in [0.5, 0.6) is 0 Å². The van der Waals surface area contributed by atoms with E-state index < -0.39 is 0 Å². The average Bonchev–Trinajstić information content (AvgIpc) is 3.20. The molecule has 0 radical (unpaired) electrons. The number of likely N-dealkylation sites (N-methyl/N-ethyl adjacent to an activating group) is 1. The van der Waals surface area contributed by atoms with E-state index in [-0.39, 0.29) is 5.41 Å². The van der Waals surface area contributed by atoms with Gasteiger partial charge < -0.3 is 10.6 Å². The lowest BCUT2D eigenvalue weighted by molar-refractivity contribution is 0.0324. The Labute approximate surface area is 208 Å². The number of nitriles is 1. The Morgan fingerprint density at radius 1 is 0.882 bits per heavy atom. The largest absolute Gasteiger partial charge is 0.312 e. The molecule has 3 heterocycles. The van der Waals surface area contributed by atoms with Crippen molar-refractivity contribution in [2.75, 3.05) is 34.2 Å². The molecular formula is C28H50N6. The van der Waals surface area contributed by atoms with Gasteiger partial charge >= 0.3 is 0 Å². The molecule has 0 spiro atoms. The SMILES string of the molecule is CN(C)C1CCC(C2CCC3NCC4C(C3C2)C(C2CCC(C(C)(C)C#N)CC2)NN4C)CN1. The maximum Gasteiger partial charge on any atom is 0.0686 e. The van der Waals surface area contributed by atoms with Crippen LogP contribution in [0.3, 0.4) is 0 Å². The van der Waals surface area contributed by atoms with Crippen LogP contribution in [0.1, 0.15) is 71.6 Å². The van der Waals surface area contributed by atoms with Crippen LogP contribution in [-0.4, -0.2) is 68.4 Å². The smallest absolute Gasteiger partial charge is 0.0686 e. The second kappa shape index (κ2) is 9.98. The minimum Gasteiger partial charge on any atom is -0.312 e. The normalized spacial score (nSPS) is 46.0. The Kier molecular flexibility index (Phi) is 7.32. The lowest BCUT2D eigenvalue weighted by atomic mass is 9.60. The highest BCUT2D eigenvalue weighted by Crippen LogP contribution is 2.49. The fraction of sp³-hybridized carbons (Fsp3) is 0.964. The molecule has 0 aromatic rings. The van der Waals surface area contributed by atoms with Crippen molar-refractivity contribution in [1.82, 2.24) is 26.0 Å². The monoisotopic (exact) mass is 470 g/mol. The van der Waals surface area contributed by atoms with Gasteiger partial charge in [-0.05, 0) is 128 Å². The van der Waals surface area contributed by atoms with Crippen LogP contribution in [0.25, 0.3) is 0 Å². The van der Waals surface area contributed by atoms with Crippen molar-refractivity contribution < 1.29 is 0 Å². The third kappa shape index (κ3) is 4.68. The van der Waals surface area contributed by atoms with Gasteiger partial charge in [0, 0.05) is 31.7 Å². The molecule has 6 heteroatoms. The molecule has 3 N–H and O–H groups in total. The average molecular weight is 471 g/mol. The van der Waals surface area contributed by atoms with Gasteiger partial charge in [0.05, 0.1) is 17.6 Å². The number of piperidine rings is 2. The lowest BCUT2D eigenvalue weighted by Gasteiger charge is -2.50. The quantitative estimate of drug-likeness (QED) is 0.585. The second-order valence-corrected chi connectivity index (χ2v) is 13.3. The third-order valence-electron chi connectivity index (χ3n) is 11.0. The van der Waals surface area contributed by atoms with E-state index in [1.165, 1.54) is 64.3 Å². The van der Waals surface area contributed by atoms with E-state index in [2.05, 4.69) is 67.0 Å². The Morgan fingerprint density at radius 2 is 1.59 bits per heavy atom. The first-order valence-electron chi connectivity index (χ1n) is 14.3. The van der Waals surface area contributed by atoms with E-state index in [0.29, 0.717) is 30.2 Å². The van der Waals surface area contributed by atoms with Gasteiger partial charge in [-0.15, -0.1) is 0 Å². The first kappa shape index (κ1) is 25.0. The van der Waals surface area contributed by atoms with Gasteiger partial charge in [-0.25, -0.2) is 5.01 Å². The summed E-state index contributed by atoms with van der Waals surface area (Å²) in [5.41, 5.74) is 3.81. The molecule has 8 atom stereocenters. The molecular weight excluding hydrogens is 420 g/mol. The summed E-state index contributed by atoms with van der Waals surface area (Å²) in [5, 5.41) is 19.9. The maximum absolute atomic E-state index is 9.63. The highest BCUT2D eigenvalue weighted by molar-refractivity contribution is 5.08. The summed E-state index contributed by atoms with van der Waals surface area (Å²) in [5.74, 6) is 4.64. The van der Waals surface area contributed by atoms with Crippen molar-refractivity contribution in [3.63, 3.8) is 0 Å². The summed E-state index contributed by atoms with van der Waals surface area (Å²) >= 11 is 0. The van der Waals surface area contributed by atoms with E-state index in [4.69, 9.17) is 0 Å². The van der Waals surface area contributed by atoms with Crippen molar-refractivity contribution in [2.24, 2.45) is 40.9 Å². The van der Waals surface area contributed by atoms with E-state index in [1.54, 1.807) is 0 Å². The van der Waals surface area contributed by atoms with Crippen LogP contribution in [-0.2, 0) is 0 Å². The van der Waals surface area contributed by atoms with Crippen LogP contribution in [0.15, 0.2) is 0 Å². The van der Waals surface area contributed by atoms with Crippen LogP contribution in [0, 0.1) is 52.3 Å². The Bertz CT molecular complexity index is 730. The molecule has 0 bridgehead atoms. The fourth-order valence-corrected chi connectivity index (χ4v) is 8.78. The van der Waals surface area contributed by atoms with Crippen molar-refractivity contribution in [1.29, 1.82) is 5.26 Å². The predicted octanol–water partition coefficient (Wildman–Crippen LogP) is 3.42. The van der Waals surface area contributed by atoms with Gasteiger partial charge in [0.25, 0.3) is 0 Å². The predicted molar refractivity (Wildman–Crippen MR) is 138 cm³/mol. The third-order valence-corrected chi connectivity index (χ3v) is 11.0. The Morgan fingerprint density at radius 3 is 2.24 bits per heavy atom. The van der Waals surface area contributed by atoms with Gasteiger partial charge in [-0.3, -0.25) is 10.3 Å². The number of fused-ring (bicyclic) bond motifs is 3. The van der Waals surface area contributed by atoms with Crippen molar-refractivity contribution >= 4 is 0 Å². The first-order valence-corrected chi connectivity index (χ1v) is 14.3. The summed E-state index contributed by atoms with van der Waals surface area (Å²) in [6.07, 6.45) is 12.5. The highest BCUT2D eigenvalue weighted by Gasteiger charge is 2.53. The van der Waals surface area contributed by atoms with Gasteiger partial charge in [-0.2, -0.15) is 5.26 Å². The van der Waals surface area contributed by atoms with Crippen LogP contribution in [0.2, 0.25) is 0 Å². The molecule has 192 valence electrons. The molecule has 5 rings (SSSR count). The minimum atomic E-state index is -0.177. The number of hydrazine groups is 1. The zero-order chi connectivity index (χ0) is 24.0. The minimum absolute atomic E-state index is 0.177. The molecule has 3 aliphatic heterocycles. The zero-order valence-electron chi connectivity index (χ0n) is 22.4. The molecule has 2 saturated carbocycles. The molecule has 8 unspecified atom stereocenters. The fourth-order valence-electron chi connectivity index (χ4n) is 8.78. The van der Waals surface area contributed by atoms with Crippen molar-refractivity contribution in [3.05, 3.63) is 0 Å². The molecule has 3 saturated heterocycles. The van der Waals surface area contributed by atoms with Gasteiger partial charge in [0.1, 0.15) is 0 Å². The molecule has 5 aliphatic rings. The zero-order valence-corrected chi connectivity index (χ0v) is 22.4. The molecule has 34 heavy (non-hydrogen) atoms. The van der Waals surface area contributed by atoms with E-state index in [0.717, 1.165) is 36.1 Å². The van der Waals surface area contributed by atoms with Crippen LogP contribution < -0.4 is 16.1 Å². The van der Waals surface area contributed by atoms with Gasteiger partial charge in [0.15, 0.2) is 0 Å². The molecule has 2 aliphatic carbocycles. The summed E-state index contributed by atoms with van der Waals surface area (Å²) in [4.78, 5) is 2.35. The lowest BCUT2D eigenvalue weighted by Crippen LogP contribution is -2.59. The second-order valence-electron chi connectivity index (χ2n) is 13.3. The standard InChI is InChI=1S/C28H50N6/c1-28(2,17-29)21-10-6-18(7-11-21)27-26-22-14-19(20-9-13-25(31-15-20)33(3)4)8-12-23(22)30-16-24(26)34(5)32-27/h18-27,30-32H,6-16H2,1-5H3. The molecule has 0 aromatic carbocycles. The Hall–Kier alpha value is -0.710. The van der Waals surface area contributed by atoms with Gasteiger partial charge in [0.2, 0.25) is 0 Å². The summed E-state index contributed by atoms with van der Waals surface area (Å²) < 4.78 is 0. The van der Waals surface area contributed by atoms with E-state index in [9.17, 15) is 5.26 Å². The van der Waals surface area contributed by atoms with Crippen molar-refractivity contribution in [2.45, 2.75) is 95.9 Å².